The molecule has 0 amide bonds. The Morgan fingerprint density at radius 2 is 1.85 bits per heavy atom. The van der Waals surface area contributed by atoms with Crippen LogP contribution in [0, 0.1) is 0 Å². The minimum atomic E-state index is 0.704. The molecule has 0 unspecified atom stereocenters. The van der Waals surface area contributed by atoms with Crippen molar-refractivity contribution in [2.75, 3.05) is 63.3 Å². The molecule has 0 saturated heterocycles. The fourth-order valence-electron chi connectivity index (χ4n) is 2.10. The van der Waals surface area contributed by atoms with E-state index in [-0.39, 0.29) is 0 Å². The number of ether oxygens (including phenoxy) is 1. The summed E-state index contributed by atoms with van der Waals surface area (Å²) in [5.41, 5.74) is 14.2. The van der Waals surface area contributed by atoms with Crippen molar-refractivity contribution >= 4 is 17.1 Å². The van der Waals surface area contributed by atoms with Crippen molar-refractivity contribution in [3.05, 3.63) is 18.2 Å². The van der Waals surface area contributed by atoms with Gasteiger partial charge in [-0.05, 0) is 45.1 Å². The van der Waals surface area contributed by atoms with Gasteiger partial charge in [0.2, 0.25) is 0 Å². The van der Waals surface area contributed by atoms with Crippen LogP contribution in [-0.4, -0.2) is 51.8 Å². The lowest BCUT2D eigenvalue weighted by Crippen LogP contribution is -2.28. The van der Waals surface area contributed by atoms with Crippen LogP contribution in [0.1, 0.15) is 13.3 Å². The lowest BCUT2D eigenvalue weighted by atomic mass is 10.2. The number of benzene rings is 1. The Morgan fingerprint density at radius 3 is 2.50 bits per heavy atom. The molecule has 0 spiro atoms. The first-order chi connectivity index (χ1) is 9.54. The zero-order chi connectivity index (χ0) is 15.0. The lowest BCUT2D eigenvalue weighted by molar-refractivity contribution is 0.122. The van der Waals surface area contributed by atoms with Crippen LogP contribution in [0.3, 0.4) is 0 Å². The van der Waals surface area contributed by atoms with E-state index < -0.39 is 0 Å². The molecule has 0 aromatic heterocycles. The molecule has 1 aromatic carbocycles. The van der Waals surface area contributed by atoms with Gasteiger partial charge in [0, 0.05) is 32.4 Å². The summed E-state index contributed by atoms with van der Waals surface area (Å²) in [7, 11) is 4.18. The van der Waals surface area contributed by atoms with Gasteiger partial charge in [-0.25, -0.2) is 0 Å². The number of likely N-dealkylation sites (N-methyl/N-ethyl adjacent to an activating group) is 1. The quantitative estimate of drug-likeness (QED) is 0.532. The molecule has 0 saturated carbocycles. The van der Waals surface area contributed by atoms with E-state index in [1.165, 1.54) is 0 Å². The highest BCUT2D eigenvalue weighted by molar-refractivity contribution is 5.71. The molecule has 0 heterocycles. The van der Waals surface area contributed by atoms with Crippen molar-refractivity contribution < 1.29 is 4.74 Å². The van der Waals surface area contributed by atoms with Crippen LogP contribution in [0.2, 0.25) is 0 Å². The number of hydrogen-bond acceptors (Lipinski definition) is 5. The first-order valence-corrected chi connectivity index (χ1v) is 7.17. The molecule has 4 N–H and O–H groups in total. The lowest BCUT2D eigenvalue weighted by Gasteiger charge is -2.23. The summed E-state index contributed by atoms with van der Waals surface area (Å²) in [4.78, 5) is 4.46. The molecule has 0 aliphatic carbocycles. The Balaban J connectivity index is 2.30. The zero-order valence-corrected chi connectivity index (χ0v) is 12.9. The van der Waals surface area contributed by atoms with Gasteiger partial charge in [0.15, 0.2) is 0 Å². The highest BCUT2D eigenvalue weighted by atomic mass is 16.5. The normalized spacial score (nSPS) is 11.0. The predicted molar refractivity (Wildman–Crippen MR) is 87.1 cm³/mol. The van der Waals surface area contributed by atoms with E-state index in [0.717, 1.165) is 50.6 Å². The van der Waals surface area contributed by atoms with E-state index in [9.17, 15) is 0 Å². The second-order valence-corrected chi connectivity index (χ2v) is 5.09. The van der Waals surface area contributed by atoms with Crippen molar-refractivity contribution in [2.45, 2.75) is 13.3 Å². The van der Waals surface area contributed by atoms with Gasteiger partial charge in [-0.1, -0.05) is 0 Å². The van der Waals surface area contributed by atoms with Crippen molar-refractivity contribution in [3.8, 4) is 0 Å². The van der Waals surface area contributed by atoms with Gasteiger partial charge in [-0.15, -0.1) is 0 Å². The molecule has 0 radical (unpaired) electrons. The maximum Gasteiger partial charge on any atom is 0.0598 e. The Bertz CT molecular complexity index is 397. The van der Waals surface area contributed by atoms with Gasteiger partial charge < -0.3 is 26.0 Å². The molecule has 1 rings (SSSR count). The fraction of sp³-hybridized carbons (Fsp3) is 0.600. The first-order valence-electron chi connectivity index (χ1n) is 7.17. The van der Waals surface area contributed by atoms with Gasteiger partial charge >= 0.3 is 0 Å². The third kappa shape index (κ3) is 5.67. The smallest absolute Gasteiger partial charge is 0.0598 e. The fourth-order valence-corrected chi connectivity index (χ4v) is 2.10. The average molecular weight is 280 g/mol. The van der Waals surface area contributed by atoms with Crippen LogP contribution >= 0.6 is 0 Å². The Labute approximate surface area is 122 Å². The van der Waals surface area contributed by atoms with E-state index in [2.05, 4.69) is 23.9 Å². The highest BCUT2D eigenvalue weighted by Crippen LogP contribution is 2.24. The SMILES string of the molecule is CCOCCN(C)CCCN(C)c1ccc(N)cc1N. The standard InChI is InChI=1S/C15H28N4O/c1-4-20-11-10-18(2)8-5-9-19(3)15-7-6-13(16)12-14(15)17/h6-7,12H,4-5,8-11,16-17H2,1-3H3. The number of nitrogens with zero attached hydrogens (tertiary/aromatic N) is 2. The second kappa shape index (κ2) is 8.66. The van der Waals surface area contributed by atoms with Gasteiger partial charge in [-0.3, -0.25) is 0 Å². The van der Waals surface area contributed by atoms with Crippen molar-refractivity contribution in [2.24, 2.45) is 0 Å². The topological polar surface area (TPSA) is 67.8 Å². The van der Waals surface area contributed by atoms with E-state index in [1.807, 2.05) is 19.1 Å². The van der Waals surface area contributed by atoms with E-state index >= 15 is 0 Å². The third-order valence-electron chi connectivity index (χ3n) is 3.32. The minimum absolute atomic E-state index is 0.704. The third-order valence-corrected chi connectivity index (χ3v) is 3.32. The molecule has 0 aliphatic rings. The Morgan fingerprint density at radius 1 is 1.10 bits per heavy atom. The molecule has 0 bridgehead atoms. The summed E-state index contributed by atoms with van der Waals surface area (Å²) in [6.45, 7) is 6.59. The van der Waals surface area contributed by atoms with Crippen molar-refractivity contribution in [1.82, 2.24) is 4.90 Å². The maximum atomic E-state index is 5.99. The molecular weight excluding hydrogens is 252 g/mol. The predicted octanol–water partition coefficient (Wildman–Crippen LogP) is 1.65. The van der Waals surface area contributed by atoms with Crippen LogP contribution in [0.5, 0.6) is 0 Å². The van der Waals surface area contributed by atoms with Crippen molar-refractivity contribution in [1.29, 1.82) is 0 Å². The van der Waals surface area contributed by atoms with E-state index in [4.69, 9.17) is 16.2 Å². The van der Waals surface area contributed by atoms with Crippen LogP contribution in [0.15, 0.2) is 18.2 Å². The monoisotopic (exact) mass is 280 g/mol. The maximum absolute atomic E-state index is 5.99. The van der Waals surface area contributed by atoms with Gasteiger partial charge in [0.05, 0.1) is 18.0 Å². The number of nitrogen functional groups attached to an aromatic ring is 2. The first kappa shape index (κ1) is 16.6. The van der Waals surface area contributed by atoms with Gasteiger partial charge in [0.25, 0.3) is 0 Å². The molecule has 5 nitrogen and oxygen atoms in total. The van der Waals surface area contributed by atoms with Gasteiger partial charge in [0.1, 0.15) is 0 Å². The van der Waals surface area contributed by atoms with E-state index in [1.54, 1.807) is 6.07 Å². The number of hydrogen-bond donors (Lipinski definition) is 2. The molecular formula is C15H28N4O. The summed E-state index contributed by atoms with van der Waals surface area (Å²) in [5, 5.41) is 0. The molecule has 1 aromatic rings. The van der Waals surface area contributed by atoms with Gasteiger partial charge in [-0.2, -0.15) is 0 Å². The van der Waals surface area contributed by atoms with Crippen LogP contribution in [0.25, 0.3) is 0 Å². The largest absolute Gasteiger partial charge is 0.399 e. The van der Waals surface area contributed by atoms with Crippen LogP contribution in [0.4, 0.5) is 17.1 Å². The number of nitrogens with two attached hydrogens (primary N) is 2. The van der Waals surface area contributed by atoms with Crippen LogP contribution < -0.4 is 16.4 Å². The number of anilines is 3. The summed E-state index contributed by atoms with van der Waals surface area (Å²) in [6.07, 6.45) is 1.09. The van der Waals surface area contributed by atoms with E-state index in [0.29, 0.717) is 5.69 Å². The summed E-state index contributed by atoms with van der Waals surface area (Å²) in [5.74, 6) is 0. The molecule has 0 atom stereocenters. The molecule has 0 aliphatic heterocycles. The number of rotatable bonds is 9. The minimum Gasteiger partial charge on any atom is -0.399 e. The molecule has 0 fully saturated rings. The zero-order valence-electron chi connectivity index (χ0n) is 12.9. The Kier molecular flexibility index (Phi) is 7.18. The Hall–Kier alpha value is -1.46. The summed E-state index contributed by atoms with van der Waals surface area (Å²) >= 11 is 0. The molecule has 20 heavy (non-hydrogen) atoms. The van der Waals surface area contributed by atoms with Crippen molar-refractivity contribution in [3.63, 3.8) is 0 Å². The average Bonchev–Trinajstić information content (AvgIpc) is 2.38. The summed E-state index contributed by atoms with van der Waals surface area (Å²) < 4.78 is 5.35. The summed E-state index contributed by atoms with van der Waals surface area (Å²) in [6, 6.07) is 5.67. The molecule has 114 valence electrons. The highest BCUT2D eigenvalue weighted by Gasteiger charge is 2.06. The molecule has 5 heteroatoms. The second-order valence-electron chi connectivity index (χ2n) is 5.09. The van der Waals surface area contributed by atoms with Crippen LogP contribution in [-0.2, 0) is 4.74 Å².